The fourth-order valence-electron chi connectivity index (χ4n) is 4.93. The Labute approximate surface area is 258 Å². The zero-order valence-corrected chi connectivity index (χ0v) is 25.3. The van der Waals surface area contributed by atoms with E-state index < -0.39 is 5.97 Å². The molecule has 4 rings (SSSR count). The number of ether oxygens (including phenoxy) is 2. The van der Waals surface area contributed by atoms with E-state index in [1.807, 2.05) is 80.6 Å². The molecule has 0 heterocycles. The van der Waals surface area contributed by atoms with Gasteiger partial charge in [0.05, 0.1) is 20.1 Å². The molecule has 0 saturated carbocycles. The summed E-state index contributed by atoms with van der Waals surface area (Å²) < 4.78 is 11.1. The third-order valence-electron chi connectivity index (χ3n) is 7.27. The second kappa shape index (κ2) is 15.4. The van der Waals surface area contributed by atoms with E-state index in [0.717, 1.165) is 16.7 Å². The fraction of sp³-hybridized carbons (Fsp3) is 0.250. The van der Waals surface area contributed by atoms with Crippen molar-refractivity contribution in [1.29, 1.82) is 0 Å². The lowest BCUT2D eigenvalue weighted by Gasteiger charge is -2.24. The molecule has 0 fully saturated rings. The van der Waals surface area contributed by atoms with E-state index in [9.17, 15) is 19.5 Å². The Kier molecular flexibility index (Phi) is 11.1. The summed E-state index contributed by atoms with van der Waals surface area (Å²) in [6.45, 7) is 5.07. The van der Waals surface area contributed by atoms with E-state index in [4.69, 9.17) is 9.47 Å². The van der Waals surface area contributed by atoms with E-state index in [0.29, 0.717) is 53.3 Å². The third-order valence-corrected chi connectivity index (χ3v) is 7.27. The van der Waals surface area contributed by atoms with Crippen molar-refractivity contribution in [3.63, 3.8) is 0 Å². The van der Waals surface area contributed by atoms with E-state index >= 15 is 0 Å². The predicted octanol–water partition coefficient (Wildman–Crippen LogP) is 6.16. The summed E-state index contributed by atoms with van der Waals surface area (Å²) in [6, 6.07) is 27.8. The van der Waals surface area contributed by atoms with Crippen molar-refractivity contribution in [3.8, 4) is 22.6 Å². The molecule has 0 spiro atoms. The SMILES string of the molecule is CCOc1cc(CCN(CCC(=O)O)C(=O)c2ccccc2-c2ccccc2C(=O)NCc2ccc(C)cc2)ccc1OC. The monoisotopic (exact) mass is 594 g/mol. The number of carbonyl (C=O) groups excluding carboxylic acids is 2. The van der Waals surface area contributed by atoms with Crippen LogP contribution in [0.4, 0.5) is 0 Å². The average molecular weight is 595 g/mol. The topological polar surface area (TPSA) is 105 Å². The van der Waals surface area contributed by atoms with Crippen molar-refractivity contribution in [2.24, 2.45) is 0 Å². The first kappa shape index (κ1) is 31.8. The van der Waals surface area contributed by atoms with Crippen molar-refractivity contribution >= 4 is 17.8 Å². The second-order valence-electron chi connectivity index (χ2n) is 10.4. The molecule has 0 radical (unpaired) electrons. The highest BCUT2D eigenvalue weighted by Crippen LogP contribution is 2.30. The number of nitrogens with one attached hydrogen (secondary N) is 1. The number of hydrogen-bond donors (Lipinski definition) is 2. The van der Waals surface area contributed by atoms with Gasteiger partial charge in [0.2, 0.25) is 0 Å². The van der Waals surface area contributed by atoms with Crippen LogP contribution in [0.2, 0.25) is 0 Å². The fourth-order valence-corrected chi connectivity index (χ4v) is 4.93. The zero-order valence-electron chi connectivity index (χ0n) is 25.3. The number of methoxy groups -OCH3 is 1. The number of nitrogens with zero attached hydrogens (tertiary/aromatic N) is 1. The summed E-state index contributed by atoms with van der Waals surface area (Å²) >= 11 is 0. The zero-order chi connectivity index (χ0) is 31.5. The molecule has 0 aromatic heterocycles. The molecule has 2 amide bonds. The molecule has 8 heteroatoms. The maximum atomic E-state index is 14.0. The molecule has 8 nitrogen and oxygen atoms in total. The van der Waals surface area contributed by atoms with Crippen LogP contribution in [0, 0.1) is 6.92 Å². The predicted molar refractivity (Wildman–Crippen MR) is 170 cm³/mol. The minimum absolute atomic E-state index is 0.0374. The normalized spacial score (nSPS) is 10.6. The van der Waals surface area contributed by atoms with Crippen LogP contribution in [0.3, 0.4) is 0 Å². The quantitative estimate of drug-likeness (QED) is 0.181. The summed E-state index contributed by atoms with van der Waals surface area (Å²) in [4.78, 5) is 40.5. The van der Waals surface area contributed by atoms with Crippen LogP contribution in [0.1, 0.15) is 50.8 Å². The molecule has 0 aliphatic carbocycles. The smallest absolute Gasteiger partial charge is 0.305 e. The number of rotatable bonds is 14. The molecule has 44 heavy (non-hydrogen) atoms. The van der Waals surface area contributed by atoms with Crippen molar-refractivity contribution in [3.05, 3.63) is 119 Å². The van der Waals surface area contributed by atoms with Crippen LogP contribution >= 0.6 is 0 Å². The Balaban J connectivity index is 1.59. The lowest BCUT2D eigenvalue weighted by Crippen LogP contribution is -2.35. The maximum Gasteiger partial charge on any atom is 0.305 e. The van der Waals surface area contributed by atoms with Gasteiger partial charge in [-0.2, -0.15) is 0 Å². The van der Waals surface area contributed by atoms with Crippen molar-refractivity contribution in [2.75, 3.05) is 26.8 Å². The van der Waals surface area contributed by atoms with Gasteiger partial charge in [-0.25, -0.2) is 0 Å². The molecule has 0 aliphatic heterocycles. The van der Waals surface area contributed by atoms with Crippen molar-refractivity contribution in [2.45, 2.75) is 33.2 Å². The lowest BCUT2D eigenvalue weighted by molar-refractivity contribution is -0.137. The van der Waals surface area contributed by atoms with Crippen molar-refractivity contribution < 1.29 is 29.0 Å². The van der Waals surface area contributed by atoms with Gasteiger partial charge in [0.25, 0.3) is 11.8 Å². The largest absolute Gasteiger partial charge is 0.493 e. The van der Waals surface area contributed by atoms with E-state index in [2.05, 4.69) is 5.32 Å². The molecule has 0 atom stereocenters. The summed E-state index contributed by atoms with van der Waals surface area (Å²) in [5.74, 6) is -0.329. The number of aryl methyl sites for hydroxylation is 1. The average Bonchev–Trinajstić information content (AvgIpc) is 3.04. The van der Waals surface area contributed by atoms with E-state index in [1.165, 1.54) is 0 Å². The highest BCUT2D eigenvalue weighted by Gasteiger charge is 2.23. The molecule has 0 unspecified atom stereocenters. The van der Waals surface area contributed by atoms with Crippen LogP contribution in [0.5, 0.6) is 11.5 Å². The molecule has 4 aromatic carbocycles. The number of benzene rings is 4. The first-order chi connectivity index (χ1) is 21.3. The number of carboxylic acids is 1. The number of amides is 2. The van der Waals surface area contributed by atoms with Crippen LogP contribution < -0.4 is 14.8 Å². The first-order valence-electron chi connectivity index (χ1n) is 14.6. The highest BCUT2D eigenvalue weighted by molar-refractivity contribution is 6.06. The van der Waals surface area contributed by atoms with E-state index in [-0.39, 0.29) is 31.3 Å². The van der Waals surface area contributed by atoms with E-state index in [1.54, 1.807) is 36.3 Å². The summed E-state index contributed by atoms with van der Waals surface area (Å²) in [6.07, 6.45) is 0.286. The molecule has 228 valence electrons. The molecule has 0 aliphatic rings. The molecular formula is C36H38N2O6. The van der Waals surface area contributed by atoms with Gasteiger partial charge in [0.1, 0.15) is 0 Å². The van der Waals surface area contributed by atoms with Crippen LogP contribution in [-0.4, -0.2) is 54.6 Å². The lowest BCUT2D eigenvalue weighted by atomic mass is 9.94. The minimum Gasteiger partial charge on any atom is -0.493 e. The van der Waals surface area contributed by atoms with Crippen molar-refractivity contribution in [1.82, 2.24) is 10.2 Å². The van der Waals surface area contributed by atoms with Crippen LogP contribution in [0.25, 0.3) is 11.1 Å². The second-order valence-corrected chi connectivity index (χ2v) is 10.4. The molecule has 0 bridgehead atoms. The van der Waals surface area contributed by atoms with Gasteiger partial charge in [-0.15, -0.1) is 0 Å². The molecule has 0 saturated heterocycles. The van der Waals surface area contributed by atoms with Crippen LogP contribution in [0.15, 0.2) is 91.0 Å². The Morgan fingerprint density at radius 2 is 1.43 bits per heavy atom. The van der Waals surface area contributed by atoms with Gasteiger partial charge >= 0.3 is 5.97 Å². The maximum absolute atomic E-state index is 14.0. The minimum atomic E-state index is -0.991. The third kappa shape index (κ3) is 8.25. The van der Waals surface area contributed by atoms with Gasteiger partial charge in [-0.3, -0.25) is 14.4 Å². The Morgan fingerprint density at radius 1 is 0.795 bits per heavy atom. The first-order valence-corrected chi connectivity index (χ1v) is 14.6. The van der Waals surface area contributed by atoms with Gasteiger partial charge < -0.3 is 24.8 Å². The summed E-state index contributed by atoms with van der Waals surface area (Å²) in [5, 5.41) is 12.4. The Hall–Kier alpha value is -5.11. The number of carboxylic acid groups (broad SMARTS) is 1. The van der Waals surface area contributed by atoms with Gasteiger partial charge in [0.15, 0.2) is 11.5 Å². The number of hydrogen-bond acceptors (Lipinski definition) is 5. The Morgan fingerprint density at radius 3 is 2.09 bits per heavy atom. The number of carbonyl (C=O) groups is 3. The van der Waals surface area contributed by atoms with Gasteiger partial charge in [0, 0.05) is 30.8 Å². The number of aliphatic carboxylic acids is 1. The standard InChI is InChI=1S/C36H38N2O6/c1-4-44-33-23-26(17-18-32(33)43-3)19-21-38(22-20-34(39)40)36(42)31-12-8-6-10-29(31)28-9-5-7-11-30(28)35(41)37-24-27-15-13-25(2)14-16-27/h5-18,23H,4,19-22,24H2,1-3H3,(H,37,41)(H,39,40). The van der Waals surface area contributed by atoms with Crippen LogP contribution in [-0.2, 0) is 17.8 Å². The molecular weight excluding hydrogens is 556 g/mol. The molecule has 2 N–H and O–H groups in total. The highest BCUT2D eigenvalue weighted by atomic mass is 16.5. The summed E-state index contributed by atoms with van der Waals surface area (Å²) in [7, 11) is 1.58. The molecule has 4 aromatic rings. The Bertz CT molecular complexity index is 1600. The van der Waals surface area contributed by atoms with Gasteiger partial charge in [-0.05, 0) is 66.8 Å². The van der Waals surface area contributed by atoms with Gasteiger partial charge in [-0.1, -0.05) is 72.3 Å². The summed E-state index contributed by atoms with van der Waals surface area (Å²) in [5.41, 5.74) is 5.10.